The van der Waals surface area contributed by atoms with Crippen LogP contribution in [0.5, 0.6) is 5.75 Å². The predicted octanol–water partition coefficient (Wildman–Crippen LogP) is 4.66. The van der Waals surface area contributed by atoms with Gasteiger partial charge in [-0.15, -0.1) is 5.10 Å². The van der Waals surface area contributed by atoms with Crippen LogP contribution in [-0.4, -0.2) is 44.5 Å². The monoisotopic (exact) mass is 437 g/mol. The molecule has 0 radical (unpaired) electrons. The van der Waals surface area contributed by atoms with E-state index in [1.165, 1.54) is 5.56 Å². The first-order chi connectivity index (χ1) is 15.1. The molecule has 0 spiro atoms. The van der Waals surface area contributed by atoms with Gasteiger partial charge in [0.25, 0.3) is 0 Å². The number of benzene rings is 1. The van der Waals surface area contributed by atoms with Gasteiger partial charge in [-0.25, -0.2) is 14.5 Å². The van der Waals surface area contributed by atoms with Gasteiger partial charge in [-0.1, -0.05) is 23.7 Å². The molecule has 7 nitrogen and oxygen atoms in total. The standard InChI is InChI=1S/C23H24ClN5O2/c1-14-16(5-4-6-18(14)30-3)17-13-29-20(19(17)15-7-11-31-12-8-15)21(24)26-22(27-29)23-25-9-10-28(23)2/h4-6,9-10,13,15H,7-8,11-12H2,1-3H3. The van der Waals surface area contributed by atoms with Crippen LogP contribution in [0.4, 0.5) is 0 Å². The van der Waals surface area contributed by atoms with Crippen molar-refractivity contribution < 1.29 is 9.47 Å². The minimum atomic E-state index is 0.319. The van der Waals surface area contributed by atoms with E-state index in [4.69, 9.17) is 26.2 Å². The lowest BCUT2D eigenvalue weighted by molar-refractivity contribution is 0.0857. The molecule has 3 aromatic heterocycles. The molecule has 4 aromatic rings. The fraction of sp³-hybridized carbons (Fsp3) is 0.348. The van der Waals surface area contributed by atoms with Crippen LogP contribution in [0.1, 0.15) is 29.9 Å². The Bertz CT molecular complexity index is 1260. The highest BCUT2D eigenvalue weighted by Crippen LogP contribution is 2.42. The molecule has 0 N–H and O–H groups in total. The molecule has 160 valence electrons. The van der Waals surface area contributed by atoms with Crippen LogP contribution in [0.3, 0.4) is 0 Å². The van der Waals surface area contributed by atoms with Crippen LogP contribution >= 0.6 is 11.6 Å². The molecule has 1 fully saturated rings. The van der Waals surface area contributed by atoms with Gasteiger partial charge < -0.3 is 14.0 Å². The number of methoxy groups -OCH3 is 1. The van der Waals surface area contributed by atoms with Crippen LogP contribution in [0.15, 0.2) is 36.8 Å². The first kappa shape index (κ1) is 20.0. The molecule has 1 aromatic carbocycles. The smallest absolute Gasteiger partial charge is 0.217 e. The first-order valence-corrected chi connectivity index (χ1v) is 10.7. The maximum atomic E-state index is 6.79. The van der Waals surface area contributed by atoms with Crippen molar-refractivity contribution in [3.05, 3.63) is 53.1 Å². The van der Waals surface area contributed by atoms with Gasteiger partial charge in [-0.2, -0.15) is 0 Å². The highest BCUT2D eigenvalue weighted by atomic mass is 35.5. The number of aryl methyl sites for hydroxylation is 1. The van der Waals surface area contributed by atoms with E-state index in [0.29, 0.717) is 22.7 Å². The van der Waals surface area contributed by atoms with Crippen LogP contribution in [-0.2, 0) is 11.8 Å². The van der Waals surface area contributed by atoms with Crippen molar-refractivity contribution in [1.82, 2.24) is 24.1 Å². The normalized spacial score (nSPS) is 15.0. The van der Waals surface area contributed by atoms with Crippen molar-refractivity contribution in [3.8, 4) is 28.5 Å². The van der Waals surface area contributed by atoms with Gasteiger partial charge >= 0.3 is 0 Å². The largest absolute Gasteiger partial charge is 0.496 e. The number of hydrogen-bond acceptors (Lipinski definition) is 5. The molecule has 31 heavy (non-hydrogen) atoms. The summed E-state index contributed by atoms with van der Waals surface area (Å²) in [6.45, 7) is 3.56. The van der Waals surface area contributed by atoms with Crippen LogP contribution in [0.25, 0.3) is 28.3 Å². The van der Waals surface area contributed by atoms with E-state index in [-0.39, 0.29) is 0 Å². The van der Waals surface area contributed by atoms with Gasteiger partial charge in [0.15, 0.2) is 11.0 Å². The van der Waals surface area contributed by atoms with E-state index in [1.807, 2.05) is 34.5 Å². The molecule has 1 aliphatic heterocycles. The summed E-state index contributed by atoms with van der Waals surface area (Å²) in [6.07, 6.45) is 7.53. The van der Waals surface area contributed by atoms with Crippen LogP contribution < -0.4 is 4.74 Å². The molecule has 0 unspecified atom stereocenters. The van der Waals surface area contributed by atoms with Crippen molar-refractivity contribution in [1.29, 1.82) is 0 Å². The third-order valence-electron chi connectivity index (χ3n) is 6.07. The van der Waals surface area contributed by atoms with E-state index in [0.717, 1.165) is 54.0 Å². The maximum absolute atomic E-state index is 6.79. The number of hydrogen-bond donors (Lipinski definition) is 0. The van der Waals surface area contributed by atoms with Crippen LogP contribution in [0.2, 0.25) is 5.15 Å². The molecular formula is C23H24ClN5O2. The zero-order valence-electron chi connectivity index (χ0n) is 17.8. The number of imidazole rings is 1. The molecule has 0 atom stereocenters. The zero-order valence-corrected chi connectivity index (χ0v) is 18.6. The Kier molecular flexibility index (Phi) is 5.16. The average Bonchev–Trinajstić information content (AvgIpc) is 3.38. The van der Waals surface area contributed by atoms with Crippen molar-refractivity contribution in [2.24, 2.45) is 7.05 Å². The zero-order chi connectivity index (χ0) is 21.5. The molecule has 8 heteroatoms. The van der Waals surface area contributed by atoms with Crippen molar-refractivity contribution in [2.75, 3.05) is 20.3 Å². The Morgan fingerprint density at radius 1 is 1.19 bits per heavy atom. The number of aromatic nitrogens is 5. The Balaban J connectivity index is 1.78. The summed E-state index contributed by atoms with van der Waals surface area (Å²) >= 11 is 6.79. The average molecular weight is 438 g/mol. The summed E-state index contributed by atoms with van der Waals surface area (Å²) in [5.41, 5.74) is 5.33. The third kappa shape index (κ3) is 3.38. The van der Waals surface area contributed by atoms with Gasteiger partial charge in [0.05, 0.1) is 7.11 Å². The fourth-order valence-corrected chi connectivity index (χ4v) is 4.75. The Morgan fingerprint density at radius 3 is 2.71 bits per heavy atom. The minimum Gasteiger partial charge on any atom is -0.496 e. The van der Waals surface area contributed by atoms with E-state index in [2.05, 4.69) is 29.2 Å². The highest BCUT2D eigenvalue weighted by Gasteiger charge is 2.27. The lowest BCUT2D eigenvalue weighted by Gasteiger charge is -2.24. The quantitative estimate of drug-likeness (QED) is 0.464. The van der Waals surface area contributed by atoms with Gasteiger partial charge in [-0.05, 0) is 48.4 Å². The highest BCUT2D eigenvalue weighted by molar-refractivity contribution is 6.33. The molecule has 1 saturated heterocycles. The molecule has 0 saturated carbocycles. The fourth-order valence-electron chi connectivity index (χ4n) is 4.48. The number of rotatable bonds is 4. The summed E-state index contributed by atoms with van der Waals surface area (Å²) in [5, 5.41) is 5.22. The lowest BCUT2D eigenvalue weighted by atomic mass is 9.86. The Labute approximate surface area is 185 Å². The number of nitrogens with zero attached hydrogens (tertiary/aromatic N) is 5. The maximum Gasteiger partial charge on any atom is 0.217 e. The number of fused-ring (bicyclic) bond motifs is 1. The van der Waals surface area contributed by atoms with Gasteiger partial charge in [0.2, 0.25) is 5.82 Å². The molecule has 0 aliphatic carbocycles. The van der Waals surface area contributed by atoms with Crippen molar-refractivity contribution >= 4 is 17.1 Å². The molecular weight excluding hydrogens is 414 g/mol. The predicted molar refractivity (Wildman–Crippen MR) is 120 cm³/mol. The summed E-state index contributed by atoms with van der Waals surface area (Å²) in [6, 6.07) is 6.12. The first-order valence-electron chi connectivity index (χ1n) is 10.4. The van der Waals surface area contributed by atoms with E-state index in [9.17, 15) is 0 Å². The van der Waals surface area contributed by atoms with Gasteiger partial charge in [0.1, 0.15) is 11.3 Å². The van der Waals surface area contributed by atoms with Crippen molar-refractivity contribution in [3.63, 3.8) is 0 Å². The van der Waals surface area contributed by atoms with Crippen LogP contribution in [0, 0.1) is 6.92 Å². The summed E-state index contributed by atoms with van der Waals surface area (Å²) in [7, 11) is 3.61. The topological polar surface area (TPSA) is 66.5 Å². The molecule has 4 heterocycles. The van der Waals surface area contributed by atoms with Crippen molar-refractivity contribution in [2.45, 2.75) is 25.7 Å². The SMILES string of the molecule is COc1cccc(-c2cn3nc(-c4nccn4C)nc(Cl)c3c2C2CCOCC2)c1C. The Hall–Kier alpha value is -2.90. The van der Waals surface area contributed by atoms with E-state index < -0.39 is 0 Å². The molecule has 0 bridgehead atoms. The summed E-state index contributed by atoms with van der Waals surface area (Å²) in [5.74, 6) is 2.34. The minimum absolute atomic E-state index is 0.319. The van der Waals surface area contributed by atoms with E-state index >= 15 is 0 Å². The second-order valence-corrected chi connectivity index (χ2v) is 8.22. The summed E-state index contributed by atoms with van der Waals surface area (Å²) in [4.78, 5) is 9.00. The molecule has 5 rings (SSSR count). The van der Waals surface area contributed by atoms with E-state index in [1.54, 1.807) is 13.3 Å². The Morgan fingerprint density at radius 2 is 2.00 bits per heavy atom. The molecule has 0 amide bonds. The lowest BCUT2D eigenvalue weighted by Crippen LogP contribution is -2.15. The number of halogens is 1. The number of ether oxygens (including phenoxy) is 2. The second-order valence-electron chi connectivity index (χ2n) is 7.86. The second kappa shape index (κ2) is 7.98. The molecule has 1 aliphatic rings. The van der Waals surface area contributed by atoms with Gasteiger partial charge in [-0.3, -0.25) is 0 Å². The third-order valence-corrected chi connectivity index (χ3v) is 6.34. The summed E-state index contributed by atoms with van der Waals surface area (Å²) < 4.78 is 14.9. The van der Waals surface area contributed by atoms with Gasteiger partial charge in [0, 0.05) is 44.4 Å².